The van der Waals surface area contributed by atoms with E-state index in [4.69, 9.17) is 4.98 Å². The third-order valence-corrected chi connectivity index (χ3v) is 4.58. The Morgan fingerprint density at radius 3 is 2.52 bits per heavy atom. The summed E-state index contributed by atoms with van der Waals surface area (Å²) in [5, 5.41) is 4.61. The zero-order valence-corrected chi connectivity index (χ0v) is 14.1. The summed E-state index contributed by atoms with van der Waals surface area (Å²) < 4.78 is 13.5. The smallest absolute Gasteiger partial charge is 0.126 e. The highest BCUT2D eigenvalue weighted by molar-refractivity contribution is 7.11. The third-order valence-electron chi connectivity index (χ3n) is 3.51. The van der Waals surface area contributed by atoms with E-state index in [1.165, 1.54) is 4.88 Å². The van der Waals surface area contributed by atoms with Crippen molar-refractivity contribution in [2.45, 2.75) is 53.1 Å². The Hall–Kier alpha value is -1.26. The van der Waals surface area contributed by atoms with Crippen LogP contribution in [0.3, 0.4) is 0 Å². The van der Waals surface area contributed by atoms with E-state index in [9.17, 15) is 4.39 Å². The van der Waals surface area contributed by atoms with Gasteiger partial charge >= 0.3 is 0 Å². The van der Waals surface area contributed by atoms with Crippen LogP contribution in [-0.4, -0.2) is 11.0 Å². The van der Waals surface area contributed by atoms with Gasteiger partial charge in [-0.2, -0.15) is 0 Å². The van der Waals surface area contributed by atoms with Crippen molar-refractivity contribution in [3.8, 4) is 0 Å². The van der Waals surface area contributed by atoms with Crippen molar-refractivity contribution in [1.82, 2.24) is 10.3 Å². The first-order chi connectivity index (χ1) is 9.92. The normalized spacial score (nSPS) is 12.9. The first kappa shape index (κ1) is 16.1. The Bertz CT molecular complexity index is 619. The molecule has 0 spiro atoms. The fourth-order valence-electron chi connectivity index (χ4n) is 2.39. The SMILES string of the molecule is CCc1nc(C(NC(C)C)c2ccc(F)c(C)c2)sc1C. The van der Waals surface area contributed by atoms with E-state index >= 15 is 0 Å². The van der Waals surface area contributed by atoms with Crippen LogP contribution >= 0.6 is 11.3 Å². The van der Waals surface area contributed by atoms with Gasteiger partial charge in [-0.3, -0.25) is 0 Å². The molecule has 0 aliphatic heterocycles. The van der Waals surface area contributed by atoms with Gasteiger partial charge in [0.1, 0.15) is 10.8 Å². The Morgan fingerprint density at radius 1 is 1.29 bits per heavy atom. The van der Waals surface area contributed by atoms with Crippen LogP contribution < -0.4 is 5.32 Å². The molecule has 1 aromatic heterocycles. The largest absolute Gasteiger partial charge is 0.302 e. The molecule has 2 rings (SSSR count). The summed E-state index contributed by atoms with van der Waals surface area (Å²) in [4.78, 5) is 6.04. The number of halogens is 1. The molecule has 0 saturated carbocycles. The maximum Gasteiger partial charge on any atom is 0.126 e. The second-order valence-electron chi connectivity index (χ2n) is 5.67. The number of nitrogens with zero attached hydrogens (tertiary/aromatic N) is 1. The average Bonchev–Trinajstić information content (AvgIpc) is 2.80. The van der Waals surface area contributed by atoms with Crippen molar-refractivity contribution in [2.24, 2.45) is 0 Å². The molecule has 2 aromatic rings. The molecule has 4 heteroatoms. The van der Waals surface area contributed by atoms with Crippen LogP contribution in [0.5, 0.6) is 0 Å². The molecule has 1 N–H and O–H groups in total. The first-order valence-electron chi connectivity index (χ1n) is 7.40. The molecule has 2 nitrogen and oxygen atoms in total. The molecule has 0 radical (unpaired) electrons. The minimum Gasteiger partial charge on any atom is -0.302 e. The zero-order valence-electron chi connectivity index (χ0n) is 13.3. The van der Waals surface area contributed by atoms with E-state index in [1.54, 1.807) is 24.3 Å². The van der Waals surface area contributed by atoms with E-state index in [0.29, 0.717) is 11.6 Å². The Morgan fingerprint density at radius 2 is 2.00 bits per heavy atom. The second-order valence-corrected chi connectivity index (χ2v) is 6.91. The zero-order chi connectivity index (χ0) is 15.6. The van der Waals surface area contributed by atoms with Gasteiger partial charge in [-0.05, 0) is 51.3 Å². The summed E-state index contributed by atoms with van der Waals surface area (Å²) in [6.45, 7) is 10.3. The average molecular weight is 306 g/mol. The molecule has 0 saturated heterocycles. The predicted molar refractivity (Wildman–Crippen MR) is 87.5 cm³/mol. The molecule has 21 heavy (non-hydrogen) atoms. The summed E-state index contributed by atoms with van der Waals surface area (Å²) in [7, 11) is 0. The summed E-state index contributed by atoms with van der Waals surface area (Å²) in [6.07, 6.45) is 0.944. The molecule has 1 heterocycles. The number of aryl methyl sites for hydroxylation is 3. The topological polar surface area (TPSA) is 24.9 Å². The second kappa shape index (κ2) is 6.67. The van der Waals surface area contributed by atoms with Gasteiger partial charge in [0.15, 0.2) is 0 Å². The lowest BCUT2D eigenvalue weighted by molar-refractivity contribution is 0.524. The van der Waals surface area contributed by atoms with E-state index < -0.39 is 0 Å². The fourth-order valence-corrected chi connectivity index (χ4v) is 3.49. The van der Waals surface area contributed by atoms with Crippen LogP contribution in [-0.2, 0) is 6.42 Å². The Kier molecular flexibility index (Phi) is 5.12. The molecule has 0 bridgehead atoms. The Balaban J connectivity index is 2.43. The van der Waals surface area contributed by atoms with Gasteiger partial charge in [0, 0.05) is 10.9 Å². The van der Waals surface area contributed by atoms with Gasteiger partial charge < -0.3 is 5.32 Å². The molecule has 0 amide bonds. The lowest BCUT2D eigenvalue weighted by Gasteiger charge is -2.20. The van der Waals surface area contributed by atoms with Crippen LogP contribution in [0, 0.1) is 19.7 Å². The summed E-state index contributed by atoms with van der Waals surface area (Å²) in [5.74, 6) is -0.161. The van der Waals surface area contributed by atoms with Gasteiger partial charge in [-0.1, -0.05) is 19.1 Å². The predicted octanol–water partition coefficient (Wildman–Crippen LogP) is 4.55. The molecule has 0 aliphatic carbocycles. The number of benzene rings is 1. The van der Waals surface area contributed by atoms with Gasteiger partial charge in [-0.15, -0.1) is 11.3 Å². The monoisotopic (exact) mass is 306 g/mol. The molecular formula is C17H23FN2S. The Labute approximate surface area is 130 Å². The molecule has 1 aromatic carbocycles. The fraction of sp³-hybridized carbons (Fsp3) is 0.471. The highest BCUT2D eigenvalue weighted by Gasteiger charge is 2.20. The molecule has 0 aliphatic rings. The quantitative estimate of drug-likeness (QED) is 0.876. The minimum atomic E-state index is -0.161. The van der Waals surface area contributed by atoms with E-state index in [0.717, 1.165) is 22.7 Å². The third kappa shape index (κ3) is 3.69. The van der Waals surface area contributed by atoms with E-state index in [-0.39, 0.29) is 11.9 Å². The van der Waals surface area contributed by atoms with Gasteiger partial charge in [-0.25, -0.2) is 9.37 Å². The molecule has 114 valence electrons. The number of rotatable bonds is 5. The lowest BCUT2D eigenvalue weighted by atomic mass is 10.0. The molecular weight excluding hydrogens is 283 g/mol. The van der Waals surface area contributed by atoms with Crippen LogP contribution in [0.4, 0.5) is 4.39 Å². The standard InChI is InChI=1S/C17H23FN2S/c1-6-15-12(5)21-17(20-15)16(19-10(2)3)13-7-8-14(18)11(4)9-13/h7-10,16,19H,6H2,1-5H3. The minimum absolute atomic E-state index is 0.0216. The van der Waals surface area contributed by atoms with Crippen molar-refractivity contribution in [2.75, 3.05) is 0 Å². The summed E-state index contributed by atoms with van der Waals surface area (Å²) >= 11 is 1.73. The molecule has 1 unspecified atom stereocenters. The number of hydrogen-bond donors (Lipinski definition) is 1. The van der Waals surface area contributed by atoms with Crippen LogP contribution in [0.15, 0.2) is 18.2 Å². The number of hydrogen-bond acceptors (Lipinski definition) is 3. The lowest BCUT2D eigenvalue weighted by Crippen LogP contribution is -2.29. The van der Waals surface area contributed by atoms with Crippen LogP contribution in [0.1, 0.15) is 53.5 Å². The van der Waals surface area contributed by atoms with E-state index in [2.05, 4.69) is 33.0 Å². The summed E-state index contributed by atoms with van der Waals surface area (Å²) in [5.41, 5.74) is 2.90. The van der Waals surface area contributed by atoms with Crippen molar-refractivity contribution < 1.29 is 4.39 Å². The van der Waals surface area contributed by atoms with Crippen molar-refractivity contribution in [3.05, 3.63) is 50.7 Å². The molecule has 0 fully saturated rings. The number of nitrogens with one attached hydrogen (secondary N) is 1. The number of aromatic nitrogens is 1. The van der Waals surface area contributed by atoms with Gasteiger partial charge in [0.05, 0.1) is 11.7 Å². The maximum absolute atomic E-state index is 13.5. The number of thiazole rings is 1. The molecule has 1 atom stereocenters. The van der Waals surface area contributed by atoms with Crippen molar-refractivity contribution in [3.63, 3.8) is 0 Å². The van der Waals surface area contributed by atoms with Crippen LogP contribution in [0.2, 0.25) is 0 Å². The first-order valence-corrected chi connectivity index (χ1v) is 8.22. The van der Waals surface area contributed by atoms with Crippen LogP contribution in [0.25, 0.3) is 0 Å². The highest BCUT2D eigenvalue weighted by atomic mass is 32.1. The summed E-state index contributed by atoms with van der Waals surface area (Å²) in [6, 6.07) is 5.66. The highest BCUT2D eigenvalue weighted by Crippen LogP contribution is 2.29. The van der Waals surface area contributed by atoms with E-state index in [1.807, 2.05) is 12.1 Å². The van der Waals surface area contributed by atoms with Gasteiger partial charge in [0.2, 0.25) is 0 Å². The maximum atomic E-state index is 13.5. The van der Waals surface area contributed by atoms with Gasteiger partial charge in [0.25, 0.3) is 0 Å². The van der Waals surface area contributed by atoms with Crippen molar-refractivity contribution >= 4 is 11.3 Å². The van der Waals surface area contributed by atoms with Crippen molar-refractivity contribution in [1.29, 1.82) is 0 Å².